The summed E-state index contributed by atoms with van der Waals surface area (Å²) in [7, 11) is 0. The van der Waals surface area contributed by atoms with Gasteiger partial charge in [0.15, 0.2) is 0 Å². The number of benzene rings is 1. The SMILES string of the molecule is O=C(O)N(F)c1ccc2c(c1)NCCC2. The average molecular weight is 210 g/mol. The number of hydrogen-bond acceptors (Lipinski definition) is 2. The maximum absolute atomic E-state index is 13.0. The lowest BCUT2D eigenvalue weighted by atomic mass is 10.0. The molecule has 5 heteroatoms. The second-order valence-electron chi connectivity index (χ2n) is 3.44. The molecule has 0 fully saturated rings. The molecule has 0 unspecified atom stereocenters. The minimum atomic E-state index is -1.61. The summed E-state index contributed by atoms with van der Waals surface area (Å²) in [4.78, 5) is 10.4. The summed E-state index contributed by atoms with van der Waals surface area (Å²) in [6, 6.07) is 4.74. The van der Waals surface area contributed by atoms with Crippen LogP contribution in [0.3, 0.4) is 0 Å². The molecule has 1 aromatic rings. The molecule has 1 amide bonds. The van der Waals surface area contributed by atoms with Crippen molar-refractivity contribution in [3.63, 3.8) is 0 Å². The number of hydrogen-bond donors (Lipinski definition) is 2. The molecule has 0 radical (unpaired) electrons. The molecule has 1 aromatic carbocycles. The van der Waals surface area contributed by atoms with Gasteiger partial charge >= 0.3 is 6.09 Å². The Balaban J connectivity index is 2.31. The lowest BCUT2D eigenvalue weighted by molar-refractivity contribution is 0.186. The Labute approximate surface area is 86.3 Å². The van der Waals surface area contributed by atoms with Crippen molar-refractivity contribution in [3.05, 3.63) is 23.8 Å². The van der Waals surface area contributed by atoms with Gasteiger partial charge in [-0.2, -0.15) is 0 Å². The number of rotatable bonds is 1. The van der Waals surface area contributed by atoms with Crippen LogP contribution < -0.4 is 10.4 Å². The van der Waals surface area contributed by atoms with Crippen LogP contribution in [0.1, 0.15) is 12.0 Å². The highest BCUT2D eigenvalue weighted by atomic mass is 19.2. The number of fused-ring (bicyclic) bond motifs is 1. The fourth-order valence-electron chi connectivity index (χ4n) is 1.68. The summed E-state index contributed by atoms with van der Waals surface area (Å²) in [5, 5.41) is 11.3. The van der Waals surface area contributed by atoms with E-state index in [1.807, 2.05) is 0 Å². The first kappa shape index (κ1) is 9.76. The van der Waals surface area contributed by atoms with Crippen molar-refractivity contribution in [3.8, 4) is 0 Å². The zero-order valence-corrected chi connectivity index (χ0v) is 8.03. The third kappa shape index (κ3) is 1.86. The minimum Gasteiger partial charge on any atom is -0.463 e. The predicted molar refractivity (Wildman–Crippen MR) is 54.9 cm³/mol. The number of halogens is 1. The maximum Gasteiger partial charge on any atom is 0.440 e. The van der Waals surface area contributed by atoms with Crippen molar-refractivity contribution in [1.82, 2.24) is 0 Å². The van der Waals surface area contributed by atoms with Crippen LogP contribution in [0.25, 0.3) is 0 Å². The molecule has 0 atom stereocenters. The van der Waals surface area contributed by atoms with Gasteiger partial charge in [0.1, 0.15) is 0 Å². The molecule has 4 nitrogen and oxygen atoms in total. The third-order valence-corrected chi connectivity index (χ3v) is 2.43. The number of carboxylic acid groups (broad SMARTS) is 1. The van der Waals surface area contributed by atoms with Gasteiger partial charge in [0.05, 0.1) is 5.69 Å². The van der Waals surface area contributed by atoms with E-state index >= 15 is 0 Å². The van der Waals surface area contributed by atoms with Gasteiger partial charge in [-0.15, -0.1) is 5.12 Å². The average Bonchev–Trinajstić information content (AvgIpc) is 2.27. The molecule has 0 bridgehead atoms. The summed E-state index contributed by atoms with van der Waals surface area (Å²) in [5.74, 6) is 0. The Bertz CT molecular complexity index is 395. The number of carbonyl (C=O) groups is 1. The second-order valence-corrected chi connectivity index (χ2v) is 3.44. The zero-order valence-electron chi connectivity index (χ0n) is 8.03. The van der Waals surface area contributed by atoms with E-state index in [2.05, 4.69) is 5.32 Å². The van der Waals surface area contributed by atoms with Crippen LogP contribution in [0.5, 0.6) is 0 Å². The van der Waals surface area contributed by atoms with Gasteiger partial charge in [-0.05, 0) is 30.5 Å². The largest absolute Gasteiger partial charge is 0.463 e. The van der Waals surface area contributed by atoms with Gasteiger partial charge in [0.25, 0.3) is 0 Å². The summed E-state index contributed by atoms with van der Waals surface area (Å²) in [6.07, 6.45) is 0.387. The summed E-state index contributed by atoms with van der Waals surface area (Å²) in [6.45, 7) is 0.843. The van der Waals surface area contributed by atoms with Gasteiger partial charge in [-0.1, -0.05) is 10.5 Å². The van der Waals surface area contributed by atoms with Crippen molar-refractivity contribution < 1.29 is 14.4 Å². The molecule has 80 valence electrons. The maximum atomic E-state index is 13.0. The lowest BCUT2D eigenvalue weighted by Gasteiger charge is -2.19. The number of nitrogens with zero attached hydrogens (tertiary/aromatic N) is 1. The molecule has 2 N–H and O–H groups in total. The van der Waals surface area contributed by atoms with E-state index in [0.29, 0.717) is 0 Å². The molecule has 0 aliphatic carbocycles. The van der Waals surface area contributed by atoms with E-state index in [-0.39, 0.29) is 10.8 Å². The molecule has 1 aliphatic rings. The van der Waals surface area contributed by atoms with Gasteiger partial charge in [-0.3, -0.25) is 0 Å². The van der Waals surface area contributed by atoms with Crippen molar-refractivity contribution in [2.24, 2.45) is 0 Å². The molecular formula is C10H11FN2O2. The first-order chi connectivity index (χ1) is 7.18. The Morgan fingerprint density at radius 1 is 1.53 bits per heavy atom. The third-order valence-electron chi connectivity index (χ3n) is 2.43. The smallest absolute Gasteiger partial charge is 0.440 e. The zero-order chi connectivity index (χ0) is 10.8. The topological polar surface area (TPSA) is 52.6 Å². The fraction of sp³-hybridized carbons (Fsp3) is 0.300. The first-order valence-corrected chi connectivity index (χ1v) is 4.74. The predicted octanol–water partition coefficient (Wildman–Crippen LogP) is 2.41. The van der Waals surface area contributed by atoms with Crippen molar-refractivity contribution >= 4 is 17.5 Å². The van der Waals surface area contributed by atoms with Crippen molar-refractivity contribution in [1.29, 1.82) is 0 Å². The van der Waals surface area contributed by atoms with Crippen LogP contribution in [-0.2, 0) is 6.42 Å². The second kappa shape index (κ2) is 3.76. The quantitative estimate of drug-likeness (QED) is 0.700. The van der Waals surface area contributed by atoms with E-state index in [4.69, 9.17) is 5.11 Å². The molecule has 2 rings (SSSR count). The van der Waals surface area contributed by atoms with E-state index in [1.165, 1.54) is 12.1 Å². The summed E-state index contributed by atoms with van der Waals surface area (Å²) >= 11 is 0. The first-order valence-electron chi connectivity index (χ1n) is 4.74. The van der Waals surface area contributed by atoms with E-state index < -0.39 is 6.09 Å². The summed E-state index contributed by atoms with van der Waals surface area (Å²) in [5.41, 5.74) is 1.96. The molecular weight excluding hydrogens is 199 g/mol. The number of nitrogens with one attached hydrogen (secondary N) is 1. The van der Waals surface area contributed by atoms with Crippen LogP contribution in [0, 0.1) is 0 Å². The monoisotopic (exact) mass is 210 g/mol. The molecule has 1 heterocycles. The lowest BCUT2D eigenvalue weighted by Crippen LogP contribution is -2.20. The normalized spacial score (nSPS) is 13.9. The van der Waals surface area contributed by atoms with Gasteiger partial charge < -0.3 is 10.4 Å². The van der Waals surface area contributed by atoms with Crippen molar-refractivity contribution in [2.75, 3.05) is 17.0 Å². The minimum absolute atomic E-state index is 0.0376. The van der Waals surface area contributed by atoms with E-state index in [9.17, 15) is 9.28 Å². The highest BCUT2D eigenvalue weighted by Gasteiger charge is 2.16. The van der Waals surface area contributed by atoms with E-state index in [1.54, 1.807) is 6.07 Å². The molecule has 0 aromatic heterocycles. The van der Waals surface area contributed by atoms with Crippen LogP contribution >= 0.6 is 0 Å². The van der Waals surface area contributed by atoms with Crippen LogP contribution in [0.2, 0.25) is 0 Å². The number of aryl methyl sites for hydroxylation is 1. The van der Waals surface area contributed by atoms with Gasteiger partial charge in [-0.25, -0.2) is 4.79 Å². The number of anilines is 2. The molecule has 1 aliphatic heterocycles. The van der Waals surface area contributed by atoms with E-state index in [0.717, 1.165) is 30.6 Å². The highest BCUT2D eigenvalue weighted by Crippen LogP contribution is 2.27. The Morgan fingerprint density at radius 3 is 3.07 bits per heavy atom. The molecule has 0 saturated carbocycles. The van der Waals surface area contributed by atoms with Gasteiger partial charge in [0, 0.05) is 12.2 Å². The highest BCUT2D eigenvalue weighted by molar-refractivity contribution is 5.84. The fourth-order valence-corrected chi connectivity index (χ4v) is 1.68. The Hall–Kier alpha value is -1.78. The molecule has 15 heavy (non-hydrogen) atoms. The van der Waals surface area contributed by atoms with Crippen LogP contribution in [-0.4, -0.2) is 17.7 Å². The molecule has 0 spiro atoms. The standard InChI is InChI=1S/C10H11FN2O2/c11-13(10(14)15)8-4-3-7-2-1-5-12-9(7)6-8/h3-4,6,12H,1-2,5H2,(H,14,15). The Morgan fingerprint density at radius 2 is 2.33 bits per heavy atom. The summed E-state index contributed by atoms with van der Waals surface area (Å²) < 4.78 is 13.0. The molecule has 0 saturated heterocycles. The van der Waals surface area contributed by atoms with Gasteiger partial charge in [0.2, 0.25) is 0 Å². The van der Waals surface area contributed by atoms with Crippen LogP contribution in [0.4, 0.5) is 20.7 Å². The van der Waals surface area contributed by atoms with Crippen molar-refractivity contribution in [2.45, 2.75) is 12.8 Å². The van der Waals surface area contributed by atoms with Crippen LogP contribution in [0.15, 0.2) is 18.2 Å². The number of amides is 1. The Kier molecular flexibility index (Phi) is 2.45.